The van der Waals surface area contributed by atoms with Crippen LogP contribution in [0.3, 0.4) is 0 Å². The SMILES string of the molecule is CC1=NCOC(=O)N1. The zero-order chi connectivity index (χ0) is 5.98. The zero-order valence-electron chi connectivity index (χ0n) is 4.47. The Hall–Kier alpha value is -1.06. The van der Waals surface area contributed by atoms with Gasteiger partial charge in [-0.25, -0.2) is 9.79 Å². The van der Waals surface area contributed by atoms with E-state index in [0.717, 1.165) is 0 Å². The van der Waals surface area contributed by atoms with E-state index >= 15 is 0 Å². The summed E-state index contributed by atoms with van der Waals surface area (Å²) in [7, 11) is 0. The molecule has 4 heteroatoms. The Balaban J connectivity index is 2.57. The summed E-state index contributed by atoms with van der Waals surface area (Å²) in [6.45, 7) is 1.86. The van der Waals surface area contributed by atoms with Gasteiger partial charge in [-0.05, 0) is 6.92 Å². The highest BCUT2D eigenvalue weighted by Gasteiger charge is 2.05. The first kappa shape index (κ1) is 5.08. The van der Waals surface area contributed by atoms with Gasteiger partial charge in [-0.15, -0.1) is 0 Å². The lowest BCUT2D eigenvalue weighted by atomic mass is 10.6. The van der Waals surface area contributed by atoms with Crippen LogP contribution in [0.2, 0.25) is 0 Å². The number of aliphatic imine (C=N–C) groups is 1. The maximum Gasteiger partial charge on any atom is 0.414 e. The second-order valence-corrected chi connectivity index (χ2v) is 1.43. The molecule has 0 bridgehead atoms. The number of alkyl carbamates (subject to hydrolysis) is 1. The molecular weight excluding hydrogens is 108 g/mol. The molecule has 1 amide bonds. The summed E-state index contributed by atoms with van der Waals surface area (Å²) in [6.07, 6.45) is -0.419. The highest BCUT2D eigenvalue weighted by Crippen LogP contribution is 1.86. The van der Waals surface area contributed by atoms with Gasteiger partial charge in [-0.2, -0.15) is 0 Å². The average molecular weight is 114 g/mol. The fourth-order valence-corrected chi connectivity index (χ4v) is 0.411. The third-order valence-electron chi connectivity index (χ3n) is 0.780. The summed E-state index contributed by atoms with van der Waals surface area (Å²) in [4.78, 5) is 14.0. The molecule has 0 atom stereocenters. The van der Waals surface area contributed by atoms with Crippen LogP contribution in [0.5, 0.6) is 0 Å². The van der Waals surface area contributed by atoms with Gasteiger partial charge in [0, 0.05) is 0 Å². The maximum atomic E-state index is 10.3. The van der Waals surface area contributed by atoms with Gasteiger partial charge in [0.05, 0.1) is 0 Å². The number of nitrogens with zero attached hydrogens (tertiary/aromatic N) is 1. The summed E-state index contributed by atoms with van der Waals surface area (Å²) < 4.78 is 4.41. The molecule has 1 rings (SSSR count). The Morgan fingerprint density at radius 2 is 2.62 bits per heavy atom. The lowest BCUT2D eigenvalue weighted by Crippen LogP contribution is -2.33. The maximum absolute atomic E-state index is 10.3. The Morgan fingerprint density at radius 3 is 3.00 bits per heavy atom. The van der Waals surface area contributed by atoms with Gasteiger partial charge in [0.25, 0.3) is 0 Å². The van der Waals surface area contributed by atoms with Crippen LogP contribution in [-0.2, 0) is 4.74 Å². The standard InChI is InChI=1S/C4H6N2O2/c1-3-5-2-8-4(7)6-3/h2H2,1H3,(H,5,6,7). The number of rotatable bonds is 0. The third-order valence-corrected chi connectivity index (χ3v) is 0.780. The molecule has 1 aliphatic heterocycles. The Labute approximate surface area is 46.5 Å². The van der Waals surface area contributed by atoms with Crippen molar-refractivity contribution in [2.75, 3.05) is 6.73 Å². The van der Waals surface area contributed by atoms with E-state index in [1.165, 1.54) is 0 Å². The van der Waals surface area contributed by atoms with E-state index in [-0.39, 0.29) is 6.73 Å². The van der Waals surface area contributed by atoms with Crippen LogP contribution < -0.4 is 5.32 Å². The van der Waals surface area contributed by atoms with Crippen molar-refractivity contribution in [3.05, 3.63) is 0 Å². The number of ether oxygens (including phenoxy) is 1. The van der Waals surface area contributed by atoms with E-state index in [0.29, 0.717) is 5.84 Å². The van der Waals surface area contributed by atoms with Crippen LogP contribution in [0.25, 0.3) is 0 Å². The van der Waals surface area contributed by atoms with Crippen LogP contribution in [0.15, 0.2) is 4.99 Å². The largest absolute Gasteiger partial charge is 0.426 e. The van der Waals surface area contributed by atoms with Crippen LogP contribution in [0.4, 0.5) is 4.79 Å². The minimum Gasteiger partial charge on any atom is -0.426 e. The number of hydrogen-bond donors (Lipinski definition) is 1. The minimum absolute atomic E-state index is 0.150. The minimum atomic E-state index is -0.419. The summed E-state index contributed by atoms with van der Waals surface area (Å²) in [5, 5.41) is 2.37. The van der Waals surface area contributed by atoms with Crippen LogP contribution >= 0.6 is 0 Å². The van der Waals surface area contributed by atoms with Gasteiger partial charge in [-0.1, -0.05) is 0 Å². The molecule has 4 nitrogen and oxygen atoms in total. The number of amides is 1. The zero-order valence-corrected chi connectivity index (χ0v) is 4.47. The van der Waals surface area contributed by atoms with Gasteiger partial charge >= 0.3 is 6.09 Å². The first-order valence-electron chi connectivity index (χ1n) is 2.24. The smallest absolute Gasteiger partial charge is 0.414 e. The van der Waals surface area contributed by atoms with E-state index in [1.54, 1.807) is 6.92 Å². The van der Waals surface area contributed by atoms with Gasteiger partial charge in [0.1, 0.15) is 5.84 Å². The lowest BCUT2D eigenvalue weighted by molar-refractivity contribution is 0.150. The third kappa shape index (κ3) is 0.959. The molecule has 0 radical (unpaired) electrons. The summed E-state index contributed by atoms with van der Waals surface area (Å²) in [5.41, 5.74) is 0. The van der Waals surface area contributed by atoms with Crippen molar-refractivity contribution in [1.82, 2.24) is 5.32 Å². The van der Waals surface area contributed by atoms with Crippen LogP contribution in [0.1, 0.15) is 6.92 Å². The predicted octanol–water partition coefficient (Wildman–Crippen LogP) is 0.102. The van der Waals surface area contributed by atoms with Gasteiger partial charge in [0.2, 0.25) is 0 Å². The number of carbonyl (C=O) groups is 1. The van der Waals surface area contributed by atoms with Crippen molar-refractivity contribution in [1.29, 1.82) is 0 Å². The molecule has 0 unspecified atom stereocenters. The van der Waals surface area contributed by atoms with Gasteiger partial charge in [-0.3, -0.25) is 5.32 Å². The molecule has 0 aromatic heterocycles. The molecule has 1 aliphatic rings. The van der Waals surface area contributed by atoms with Crippen molar-refractivity contribution < 1.29 is 9.53 Å². The quantitative estimate of drug-likeness (QED) is 0.485. The monoisotopic (exact) mass is 114 g/mol. The van der Waals surface area contributed by atoms with Crippen molar-refractivity contribution in [3.63, 3.8) is 0 Å². The van der Waals surface area contributed by atoms with Crippen molar-refractivity contribution in [2.24, 2.45) is 4.99 Å². The number of hydrogen-bond acceptors (Lipinski definition) is 3. The molecule has 0 saturated carbocycles. The van der Waals surface area contributed by atoms with E-state index < -0.39 is 6.09 Å². The number of amidine groups is 1. The molecular formula is C4H6N2O2. The van der Waals surface area contributed by atoms with Crippen molar-refractivity contribution >= 4 is 11.9 Å². The molecule has 44 valence electrons. The van der Waals surface area contributed by atoms with Crippen LogP contribution in [-0.4, -0.2) is 18.7 Å². The molecule has 1 heterocycles. The Kier molecular flexibility index (Phi) is 1.15. The van der Waals surface area contributed by atoms with Gasteiger partial charge < -0.3 is 4.74 Å². The number of cyclic esters (lactones) is 1. The predicted molar refractivity (Wildman–Crippen MR) is 27.6 cm³/mol. The molecule has 8 heavy (non-hydrogen) atoms. The highest BCUT2D eigenvalue weighted by atomic mass is 16.6. The Morgan fingerprint density at radius 1 is 1.88 bits per heavy atom. The highest BCUT2D eigenvalue weighted by molar-refractivity contribution is 5.94. The fraction of sp³-hybridized carbons (Fsp3) is 0.500. The summed E-state index contributed by atoms with van der Waals surface area (Å²) in [5.74, 6) is 0.612. The van der Waals surface area contributed by atoms with E-state index in [2.05, 4.69) is 15.0 Å². The summed E-state index contributed by atoms with van der Waals surface area (Å²) in [6, 6.07) is 0. The second-order valence-electron chi connectivity index (χ2n) is 1.43. The van der Waals surface area contributed by atoms with Crippen LogP contribution in [0, 0.1) is 0 Å². The average Bonchev–Trinajstić information content (AvgIpc) is 1.64. The molecule has 0 aliphatic carbocycles. The second kappa shape index (κ2) is 1.81. The molecule has 0 fully saturated rings. The van der Waals surface area contributed by atoms with Crippen molar-refractivity contribution in [3.8, 4) is 0 Å². The number of carbonyl (C=O) groups excluding carboxylic acids is 1. The van der Waals surface area contributed by atoms with E-state index in [9.17, 15) is 4.79 Å². The summed E-state index contributed by atoms with van der Waals surface area (Å²) >= 11 is 0. The van der Waals surface area contributed by atoms with Crippen molar-refractivity contribution in [2.45, 2.75) is 6.92 Å². The molecule has 1 N–H and O–H groups in total. The Bertz CT molecular complexity index is 141. The lowest BCUT2D eigenvalue weighted by Gasteiger charge is -2.08. The number of nitrogens with one attached hydrogen (secondary N) is 1. The molecule has 0 spiro atoms. The van der Waals surface area contributed by atoms with E-state index in [4.69, 9.17) is 0 Å². The first-order chi connectivity index (χ1) is 3.79. The molecule has 0 saturated heterocycles. The molecule has 0 aromatic rings. The van der Waals surface area contributed by atoms with Gasteiger partial charge in [0.15, 0.2) is 6.73 Å². The normalized spacial score (nSPS) is 18.6. The van der Waals surface area contributed by atoms with E-state index in [1.807, 2.05) is 0 Å². The topological polar surface area (TPSA) is 50.7 Å². The molecule has 0 aromatic carbocycles. The first-order valence-corrected chi connectivity index (χ1v) is 2.24. The fourth-order valence-electron chi connectivity index (χ4n) is 0.411.